The molecule has 1 aromatic heterocycles. The molecule has 0 amide bonds. The predicted molar refractivity (Wildman–Crippen MR) is 176 cm³/mol. The summed E-state index contributed by atoms with van der Waals surface area (Å²) in [5.74, 6) is -0.260. The Hall–Kier alpha value is -1.74. The Bertz CT molecular complexity index is 1190. The second kappa shape index (κ2) is 14.8. The molecule has 1 aromatic rings. The summed E-state index contributed by atoms with van der Waals surface area (Å²) in [4.78, 5) is 24.4. The average Bonchev–Trinajstić information content (AvgIpc) is 3.30. The van der Waals surface area contributed by atoms with E-state index < -0.39 is 34.2 Å². The molecule has 0 spiro atoms. The third-order valence-corrected chi connectivity index (χ3v) is 13.5. The fourth-order valence-corrected chi connectivity index (χ4v) is 10.7. The third-order valence-electron chi connectivity index (χ3n) is 13.5. The molecule has 4 aliphatic carbocycles. The first kappa shape index (κ1) is 35.6. The van der Waals surface area contributed by atoms with Gasteiger partial charge in [0, 0.05) is 42.8 Å². The average molecular weight is 645 g/mol. The Kier molecular flexibility index (Phi) is 11.4. The van der Waals surface area contributed by atoms with Crippen LogP contribution in [0.25, 0.3) is 0 Å². The molecule has 1 heterocycles. The predicted octanol–water partition coefficient (Wildman–Crippen LogP) is 6.55. The van der Waals surface area contributed by atoms with Crippen LogP contribution in [-0.4, -0.2) is 56.4 Å². The van der Waals surface area contributed by atoms with Gasteiger partial charge in [-0.1, -0.05) is 71.6 Å². The maximum absolute atomic E-state index is 12.8. The first-order chi connectivity index (χ1) is 22.0. The summed E-state index contributed by atoms with van der Waals surface area (Å²) in [7, 11) is 0. The van der Waals surface area contributed by atoms with Crippen LogP contribution in [0.5, 0.6) is 0 Å². The number of carbonyl (C=O) groups excluding carboxylic acids is 1. The fourth-order valence-electron chi connectivity index (χ4n) is 10.7. The largest absolute Gasteiger partial charge is 0.462 e. The molecule has 260 valence electrons. The van der Waals surface area contributed by atoms with Crippen LogP contribution in [0.4, 0.5) is 0 Å². The van der Waals surface area contributed by atoms with Gasteiger partial charge in [0.25, 0.3) is 0 Å². The monoisotopic (exact) mass is 644 g/mol. The summed E-state index contributed by atoms with van der Waals surface area (Å²) in [6.45, 7) is 4.48. The van der Waals surface area contributed by atoms with Gasteiger partial charge in [-0.05, 0) is 80.8 Å². The van der Waals surface area contributed by atoms with E-state index in [0.29, 0.717) is 45.1 Å². The standard InChI is InChI=1S/C38H60O8/c1-35-20-17-30-31(38(35,44)22-19-29(35)27-15-16-33(41)45-26-27)18-21-37(43)25-28(24-32(40)36(30,37)2)46-34(42)14-12-10-8-6-4-3-5-7-9-11-13-23-39/h15-16,26,28-32,39-40,43-44H,3-14,17-25H2,1-2H3/t28-,29+,30-,31+,32+,35+,36-,37-,38-/m0/s1. The smallest absolute Gasteiger partial charge is 0.335 e. The van der Waals surface area contributed by atoms with E-state index in [1.165, 1.54) is 44.6 Å². The molecular formula is C38H60O8. The maximum atomic E-state index is 12.8. The van der Waals surface area contributed by atoms with E-state index in [1.54, 1.807) is 6.26 Å². The highest BCUT2D eigenvalue weighted by Gasteiger charge is 2.71. The number of fused-ring (bicyclic) bond motifs is 5. The zero-order chi connectivity index (χ0) is 33.0. The van der Waals surface area contributed by atoms with Crippen LogP contribution in [-0.2, 0) is 9.53 Å². The van der Waals surface area contributed by atoms with Gasteiger partial charge in [-0.2, -0.15) is 0 Å². The molecule has 8 heteroatoms. The minimum Gasteiger partial charge on any atom is -0.462 e. The van der Waals surface area contributed by atoms with Gasteiger partial charge in [0.05, 0.1) is 23.6 Å². The molecule has 4 N–H and O–H groups in total. The number of aliphatic hydroxyl groups is 4. The highest BCUT2D eigenvalue weighted by Crippen LogP contribution is 2.71. The van der Waals surface area contributed by atoms with Gasteiger partial charge < -0.3 is 29.6 Å². The SMILES string of the molecule is C[C@]12[C@H](O)C[C@H](OC(=O)CCCCCCCCCCCCCO)C[C@@]1(O)CC[C@@H]1[C@@H]2CC[C@]2(C)[C@@H](c3ccc(=O)oc3)CC[C@]12O. The Morgan fingerprint density at radius 1 is 0.870 bits per heavy atom. The Balaban J connectivity index is 1.10. The molecule has 5 rings (SSSR count). The van der Waals surface area contributed by atoms with Gasteiger partial charge in [0.2, 0.25) is 0 Å². The Morgan fingerprint density at radius 2 is 1.50 bits per heavy atom. The number of aliphatic hydroxyl groups excluding tert-OH is 2. The normalized spacial score (nSPS) is 38.5. The van der Waals surface area contributed by atoms with E-state index >= 15 is 0 Å². The molecule has 0 bridgehead atoms. The molecule has 0 aliphatic heterocycles. The first-order valence-electron chi connectivity index (χ1n) is 18.5. The zero-order valence-electron chi connectivity index (χ0n) is 28.4. The van der Waals surface area contributed by atoms with E-state index in [2.05, 4.69) is 6.92 Å². The van der Waals surface area contributed by atoms with Gasteiger partial charge in [-0.25, -0.2) is 4.79 Å². The van der Waals surface area contributed by atoms with Gasteiger partial charge in [-0.3, -0.25) is 4.79 Å². The number of unbranched alkanes of at least 4 members (excludes halogenated alkanes) is 10. The lowest BCUT2D eigenvalue weighted by atomic mass is 9.41. The van der Waals surface area contributed by atoms with Crippen LogP contribution in [0.3, 0.4) is 0 Å². The summed E-state index contributed by atoms with van der Waals surface area (Å²) in [5.41, 5.74) is -2.72. The van der Waals surface area contributed by atoms with Crippen molar-refractivity contribution in [1.29, 1.82) is 0 Å². The van der Waals surface area contributed by atoms with Gasteiger partial charge >= 0.3 is 11.6 Å². The van der Waals surface area contributed by atoms with E-state index in [9.17, 15) is 24.9 Å². The van der Waals surface area contributed by atoms with Crippen LogP contribution < -0.4 is 5.63 Å². The topological polar surface area (TPSA) is 137 Å². The van der Waals surface area contributed by atoms with E-state index in [0.717, 1.165) is 56.9 Å². The van der Waals surface area contributed by atoms with Crippen LogP contribution in [0.2, 0.25) is 0 Å². The number of hydrogen-bond acceptors (Lipinski definition) is 8. The van der Waals surface area contributed by atoms with E-state index in [-0.39, 0.29) is 29.3 Å². The summed E-state index contributed by atoms with van der Waals surface area (Å²) >= 11 is 0. The van der Waals surface area contributed by atoms with Gasteiger partial charge in [0.15, 0.2) is 0 Å². The van der Waals surface area contributed by atoms with E-state index in [1.807, 2.05) is 13.0 Å². The molecule has 0 saturated heterocycles. The van der Waals surface area contributed by atoms with Gasteiger partial charge in [-0.15, -0.1) is 0 Å². The molecule has 46 heavy (non-hydrogen) atoms. The molecule has 0 unspecified atom stereocenters. The molecule has 4 aliphatic rings. The lowest BCUT2D eigenvalue weighted by molar-refractivity contribution is -0.282. The molecule has 8 nitrogen and oxygen atoms in total. The first-order valence-corrected chi connectivity index (χ1v) is 18.5. The lowest BCUT2D eigenvalue weighted by Gasteiger charge is -2.67. The van der Waals surface area contributed by atoms with Crippen LogP contribution in [0.15, 0.2) is 27.6 Å². The Labute approximate surface area is 275 Å². The van der Waals surface area contributed by atoms with Crippen molar-refractivity contribution >= 4 is 5.97 Å². The van der Waals surface area contributed by atoms with Crippen LogP contribution >= 0.6 is 0 Å². The zero-order valence-corrected chi connectivity index (χ0v) is 28.4. The second-order valence-electron chi connectivity index (χ2n) is 15.9. The molecule has 9 atom stereocenters. The number of esters is 1. The minimum atomic E-state index is -1.17. The van der Waals surface area contributed by atoms with Crippen molar-refractivity contribution in [3.8, 4) is 0 Å². The van der Waals surface area contributed by atoms with Crippen molar-refractivity contribution in [2.75, 3.05) is 6.61 Å². The Morgan fingerprint density at radius 3 is 2.13 bits per heavy atom. The summed E-state index contributed by atoms with van der Waals surface area (Å²) < 4.78 is 11.1. The lowest BCUT2D eigenvalue weighted by Crippen LogP contribution is -2.71. The van der Waals surface area contributed by atoms with Crippen molar-refractivity contribution in [2.45, 2.75) is 172 Å². The number of hydrogen-bond donors (Lipinski definition) is 4. The number of ether oxygens (including phenoxy) is 1. The van der Waals surface area contributed by atoms with Crippen LogP contribution in [0, 0.1) is 22.7 Å². The fraction of sp³-hybridized carbons (Fsp3) is 0.842. The highest BCUT2D eigenvalue weighted by molar-refractivity contribution is 5.69. The van der Waals surface area contributed by atoms with Gasteiger partial charge in [0.1, 0.15) is 6.10 Å². The summed E-state index contributed by atoms with van der Waals surface area (Å²) in [6.07, 6.45) is 17.7. The van der Waals surface area contributed by atoms with E-state index in [4.69, 9.17) is 14.3 Å². The molecule has 0 radical (unpaired) electrons. The number of rotatable bonds is 15. The third kappa shape index (κ3) is 6.75. The molecule has 0 aromatic carbocycles. The summed E-state index contributed by atoms with van der Waals surface area (Å²) in [6, 6.07) is 3.29. The number of carbonyl (C=O) groups is 1. The van der Waals surface area contributed by atoms with Crippen molar-refractivity contribution in [1.82, 2.24) is 0 Å². The molecular weight excluding hydrogens is 584 g/mol. The molecule has 4 saturated carbocycles. The second-order valence-corrected chi connectivity index (χ2v) is 15.9. The van der Waals surface area contributed by atoms with Crippen molar-refractivity contribution in [2.24, 2.45) is 22.7 Å². The maximum Gasteiger partial charge on any atom is 0.335 e. The van der Waals surface area contributed by atoms with Crippen molar-refractivity contribution < 1.29 is 34.4 Å². The van der Waals surface area contributed by atoms with Crippen molar-refractivity contribution in [3.63, 3.8) is 0 Å². The molecule has 4 fully saturated rings. The summed E-state index contributed by atoms with van der Waals surface area (Å²) in [5, 5.41) is 45.2. The quantitative estimate of drug-likeness (QED) is 0.125. The highest BCUT2D eigenvalue weighted by atomic mass is 16.5. The van der Waals surface area contributed by atoms with Crippen molar-refractivity contribution in [3.05, 3.63) is 34.4 Å². The minimum absolute atomic E-state index is 0.0466. The van der Waals surface area contributed by atoms with Crippen LogP contribution in [0.1, 0.15) is 154 Å².